The lowest BCUT2D eigenvalue weighted by Gasteiger charge is -2.30. The Kier molecular flexibility index (Phi) is 6.17. The normalized spacial score (nSPS) is 10.7. The fourth-order valence-corrected chi connectivity index (χ4v) is 2.23. The molecule has 0 amide bonds. The minimum Gasteiger partial charge on any atom is -0.395 e. The number of anilines is 2. The molecule has 2 N–H and O–H groups in total. The maximum atomic E-state index is 11.2. The van der Waals surface area contributed by atoms with Crippen LogP contribution in [0.2, 0.25) is 0 Å². The van der Waals surface area contributed by atoms with Crippen molar-refractivity contribution in [2.45, 2.75) is 32.7 Å². The zero-order valence-corrected chi connectivity index (χ0v) is 12.2. The summed E-state index contributed by atoms with van der Waals surface area (Å²) in [7, 11) is 1.71. The van der Waals surface area contributed by atoms with Gasteiger partial charge >= 0.3 is 5.69 Å². The first-order valence-corrected chi connectivity index (χ1v) is 6.79. The van der Waals surface area contributed by atoms with Gasteiger partial charge in [0.25, 0.3) is 0 Å². The second-order valence-corrected chi connectivity index (χ2v) is 4.43. The lowest BCUT2D eigenvalue weighted by Crippen LogP contribution is -2.38. The quantitative estimate of drug-likeness (QED) is 0.560. The molecule has 1 aromatic rings. The van der Waals surface area contributed by atoms with Gasteiger partial charge in [-0.05, 0) is 18.9 Å². The summed E-state index contributed by atoms with van der Waals surface area (Å²) in [5, 5.41) is 23.3. The third-order valence-electron chi connectivity index (χ3n) is 3.30. The van der Waals surface area contributed by atoms with Crippen LogP contribution < -0.4 is 10.2 Å². The Bertz CT molecular complexity index is 449. The topological polar surface area (TPSA) is 91.5 Å². The van der Waals surface area contributed by atoms with Gasteiger partial charge in [0.2, 0.25) is 5.82 Å². The Morgan fingerprint density at radius 1 is 1.45 bits per heavy atom. The SMILES string of the molecule is CCC(CC)N(CCO)c1nc(NC)ccc1[N+](=O)[O-]. The number of hydrogen-bond acceptors (Lipinski definition) is 6. The summed E-state index contributed by atoms with van der Waals surface area (Å²) in [6, 6.07) is 3.13. The largest absolute Gasteiger partial charge is 0.395 e. The van der Waals surface area contributed by atoms with E-state index in [9.17, 15) is 15.2 Å². The number of hydrogen-bond donors (Lipinski definition) is 2. The van der Waals surface area contributed by atoms with E-state index in [4.69, 9.17) is 0 Å². The van der Waals surface area contributed by atoms with Gasteiger partial charge in [-0.3, -0.25) is 10.1 Å². The maximum Gasteiger partial charge on any atom is 0.311 e. The predicted molar refractivity (Wildman–Crippen MR) is 79.2 cm³/mol. The van der Waals surface area contributed by atoms with E-state index in [1.54, 1.807) is 13.1 Å². The Labute approximate surface area is 118 Å². The van der Waals surface area contributed by atoms with Crippen LogP contribution >= 0.6 is 0 Å². The lowest BCUT2D eigenvalue weighted by atomic mass is 10.1. The number of nitrogens with one attached hydrogen (secondary N) is 1. The number of aromatic nitrogens is 1. The van der Waals surface area contributed by atoms with Crippen molar-refractivity contribution in [1.82, 2.24) is 4.98 Å². The van der Waals surface area contributed by atoms with Crippen LogP contribution in [-0.4, -0.2) is 41.3 Å². The van der Waals surface area contributed by atoms with Gasteiger partial charge in [-0.2, -0.15) is 0 Å². The molecule has 1 aromatic heterocycles. The van der Waals surface area contributed by atoms with E-state index in [1.807, 2.05) is 18.7 Å². The molecule has 0 atom stereocenters. The van der Waals surface area contributed by atoms with E-state index in [1.165, 1.54) is 6.07 Å². The number of aliphatic hydroxyl groups excluding tert-OH is 1. The van der Waals surface area contributed by atoms with Crippen molar-refractivity contribution in [3.8, 4) is 0 Å². The molecular formula is C13H22N4O3. The minimum atomic E-state index is -0.436. The molecule has 7 nitrogen and oxygen atoms in total. The molecule has 0 bridgehead atoms. The second kappa shape index (κ2) is 7.64. The summed E-state index contributed by atoms with van der Waals surface area (Å²) < 4.78 is 0. The molecule has 1 rings (SSSR count). The summed E-state index contributed by atoms with van der Waals surface area (Å²) in [5.41, 5.74) is -0.0376. The molecule has 0 fully saturated rings. The van der Waals surface area contributed by atoms with Crippen molar-refractivity contribution < 1.29 is 10.0 Å². The van der Waals surface area contributed by atoms with Gasteiger partial charge in [0, 0.05) is 25.7 Å². The van der Waals surface area contributed by atoms with Crippen LogP contribution in [0, 0.1) is 10.1 Å². The molecule has 1 heterocycles. The predicted octanol–water partition coefficient (Wildman–Crippen LogP) is 2.02. The average molecular weight is 282 g/mol. The zero-order chi connectivity index (χ0) is 15.1. The third kappa shape index (κ3) is 3.57. The third-order valence-corrected chi connectivity index (χ3v) is 3.30. The fraction of sp³-hybridized carbons (Fsp3) is 0.615. The van der Waals surface area contributed by atoms with Crippen molar-refractivity contribution in [3.05, 3.63) is 22.2 Å². The Morgan fingerprint density at radius 2 is 2.10 bits per heavy atom. The molecule has 0 aliphatic carbocycles. The van der Waals surface area contributed by atoms with Gasteiger partial charge in [0.15, 0.2) is 0 Å². The van der Waals surface area contributed by atoms with E-state index in [0.717, 1.165) is 12.8 Å². The molecule has 0 spiro atoms. The van der Waals surface area contributed by atoms with Crippen LogP contribution in [0.5, 0.6) is 0 Å². The van der Waals surface area contributed by atoms with Crippen molar-refractivity contribution in [3.63, 3.8) is 0 Å². The van der Waals surface area contributed by atoms with Gasteiger partial charge < -0.3 is 15.3 Å². The van der Waals surface area contributed by atoms with Gasteiger partial charge in [-0.1, -0.05) is 13.8 Å². The number of pyridine rings is 1. The number of aliphatic hydroxyl groups is 1. The number of rotatable bonds is 8. The molecule has 7 heteroatoms. The van der Waals surface area contributed by atoms with Crippen molar-refractivity contribution in [2.24, 2.45) is 0 Å². The van der Waals surface area contributed by atoms with Crippen LogP contribution in [0.1, 0.15) is 26.7 Å². The highest BCUT2D eigenvalue weighted by Crippen LogP contribution is 2.30. The van der Waals surface area contributed by atoms with E-state index in [0.29, 0.717) is 18.2 Å². The summed E-state index contributed by atoms with van der Waals surface area (Å²) in [6.07, 6.45) is 1.66. The molecule has 0 aromatic carbocycles. The summed E-state index contributed by atoms with van der Waals surface area (Å²) in [6.45, 7) is 4.30. The number of nitro groups is 1. The summed E-state index contributed by atoms with van der Waals surface area (Å²) in [5.74, 6) is 0.879. The zero-order valence-electron chi connectivity index (χ0n) is 12.2. The monoisotopic (exact) mass is 282 g/mol. The van der Waals surface area contributed by atoms with Gasteiger partial charge in [0.05, 0.1) is 11.5 Å². The molecule has 0 radical (unpaired) electrons. The van der Waals surface area contributed by atoms with Crippen LogP contribution in [-0.2, 0) is 0 Å². The Hall–Kier alpha value is -1.89. The van der Waals surface area contributed by atoms with E-state index < -0.39 is 4.92 Å². The van der Waals surface area contributed by atoms with Crippen molar-refractivity contribution >= 4 is 17.3 Å². The Morgan fingerprint density at radius 3 is 2.55 bits per heavy atom. The minimum absolute atomic E-state index is 0.0376. The molecule has 112 valence electrons. The molecule has 0 saturated heterocycles. The number of nitrogens with zero attached hydrogens (tertiary/aromatic N) is 3. The second-order valence-electron chi connectivity index (χ2n) is 4.43. The van der Waals surface area contributed by atoms with Gasteiger partial charge in [0.1, 0.15) is 5.82 Å². The summed E-state index contributed by atoms with van der Waals surface area (Å²) in [4.78, 5) is 16.9. The van der Waals surface area contributed by atoms with Crippen molar-refractivity contribution in [2.75, 3.05) is 30.4 Å². The fourth-order valence-electron chi connectivity index (χ4n) is 2.23. The highest BCUT2D eigenvalue weighted by molar-refractivity contribution is 5.62. The smallest absolute Gasteiger partial charge is 0.311 e. The first-order chi connectivity index (χ1) is 9.58. The van der Waals surface area contributed by atoms with Gasteiger partial charge in [-0.25, -0.2) is 4.98 Å². The average Bonchev–Trinajstić information content (AvgIpc) is 2.46. The lowest BCUT2D eigenvalue weighted by molar-refractivity contribution is -0.384. The summed E-state index contributed by atoms with van der Waals surface area (Å²) >= 11 is 0. The van der Waals surface area contributed by atoms with Crippen LogP contribution in [0.25, 0.3) is 0 Å². The van der Waals surface area contributed by atoms with Crippen LogP contribution in [0.15, 0.2) is 12.1 Å². The van der Waals surface area contributed by atoms with Gasteiger partial charge in [-0.15, -0.1) is 0 Å². The van der Waals surface area contributed by atoms with E-state index >= 15 is 0 Å². The molecule has 0 aliphatic heterocycles. The molecule has 0 saturated carbocycles. The first-order valence-electron chi connectivity index (χ1n) is 6.79. The molecule has 0 aliphatic rings. The standard InChI is InChI=1S/C13H22N4O3/c1-4-10(5-2)16(8-9-18)13-11(17(19)20)6-7-12(14-3)15-13/h6-7,10,18H,4-5,8-9H2,1-3H3,(H,14,15). The Balaban J connectivity index is 3.31. The van der Waals surface area contributed by atoms with E-state index in [2.05, 4.69) is 10.3 Å². The van der Waals surface area contributed by atoms with Crippen molar-refractivity contribution in [1.29, 1.82) is 0 Å². The molecule has 20 heavy (non-hydrogen) atoms. The van der Waals surface area contributed by atoms with E-state index in [-0.39, 0.29) is 18.3 Å². The maximum absolute atomic E-state index is 11.2. The first kappa shape index (κ1) is 16.2. The highest BCUT2D eigenvalue weighted by atomic mass is 16.6. The molecular weight excluding hydrogens is 260 g/mol. The van der Waals surface area contributed by atoms with Crippen LogP contribution in [0.3, 0.4) is 0 Å². The highest BCUT2D eigenvalue weighted by Gasteiger charge is 2.25. The van der Waals surface area contributed by atoms with Crippen LogP contribution in [0.4, 0.5) is 17.3 Å². The molecule has 0 unspecified atom stereocenters.